The van der Waals surface area contributed by atoms with Gasteiger partial charge in [-0.2, -0.15) is 0 Å². The largest absolute Gasteiger partial charge is 0.368 e. The Morgan fingerprint density at radius 2 is 2.05 bits per heavy atom. The summed E-state index contributed by atoms with van der Waals surface area (Å²) < 4.78 is 31.6. The molecule has 104 valence electrons. The van der Waals surface area contributed by atoms with Crippen molar-refractivity contribution in [3.8, 4) is 0 Å². The fraction of sp³-hybridized carbons (Fsp3) is 0.462. The van der Waals surface area contributed by atoms with Crippen molar-refractivity contribution < 1.29 is 17.9 Å². The first kappa shape index (κ1) is 14.0. The van der Waals surface area contributed by atoms with Crippen LogP contribution in [0.3, 0.4) is 0 Å². The average Bonchev–Trinajstić information content (AvgIpc) is 2.39. The van der Waals surface area contributed by atoms with Crippen LogP contribution in [0.4, 0.5) is 0 Å². The first-order chi connectivity index (χ1) is 9.00. The minimum absolute atomic E-state index is 0.124. The van der Waals surface area contributed by atoms with Crippen LogP contribution in [0.15, 0.2) is 29.2 Å². The van der Waals surface area contributed by atoms with Gasteiger partial charge in [0.25, 0.3) is 15.9 Å². The van der Waals surface area contributed by atoms with E-state index < -0.39 is 22.0 Å². The van der Waals surface area contributed by atoms with Crippen LogP contribution in [-0.4, -0.2) is 27.0 Å². The molecule has 2 rings (SSSR count). The topological polar surface area (TPSA) is 72.5 Å². The Morgan fingerprint density at radius 3 is 2.68 bits per heavy atom. The van der Waals surface area contributed by atoms with E-state index in [4.69, 9.17) is 4.74 Å². The molecule has 0 aromatic heterocycles. The molecule has 1 fully saturated rings. The van der Waals surface area contributed by atoms with E-state index >= 15 is 0 Å². The van der Waals surface area contributed by atoms with Crippen LogP contribution < -0.4 is 4.72 Å². The lowest BCUT2D eigenvalue weighted by Crippen LogP contribution is -2.41. The molecule has 1 amide bonds. The van der Waals surface area contributed by atoms with Crippen LogP contribution in [-0.2, 0) is 19.6 Å². The van der Waals surface area contributed by atoms with E-state index in [0.717, 1.165) is 12.8 Å². The molecule has 1 unspecified atom stereocenters. The Kier molecular flexibility index (Phi) is 4.21. The zero-order valence-corrected chi connectivity index (χ0v) is 11.6. The van der Waals surface area contributed by atoms with Crippen LogP contribution in [0.1, 0.15) is 24.8 Å². The monoisotopic (exact) mass is 283 g/mol. The highest BCUT2D eigenvalue weighted by Gasteiger charge is 2.27. The number of hydrogen-bond acceptors (Lipinski definition) is 4. The highest BCUT2D eigenvalue weighted by molar-refractivity contribution is 7.90. The van der Waals surface area contributed by atoms with Gasteiger partial charge in [-0.15, -0.1) is 0 Å². The van der Waals surface area contributed by atoms with E-state index in [2.05, 4.69) is 4.72 Å². The first-order valence-corrected chi connectivity index (χ1v) is 7.73. The highest BCUT2D eigenvalue weighted by atomic mass is 32.2. The Morgan fingerprint density at radius 1 is 1.32 bits per heavy atom. The Bertz CT molecular complexity index is 562. The maximum Gasteiger partial charge on any atom is 0.264 e. The average molecular weight is 283 g/mol. The Balaban J connectivity index is 2.13. The van der Waals surface area contributed by atoms with Gasteiger partial charge in [-0.25, -0.2) is 13.1 Å². The minimum Gasteiger partial charge on any atom is -0.368 e. The second-order valence-electron chi connectivity index (χ2n) is 4.59. The molecule has 1 aromatic carbocycles. The summed E-state index contributed by atoms with van der Waals surface area (Å²) in [6.07, 6.45) is 1.69. The van der Waals surface area contributed by atoms with Gasteiger partial charge in [0, 0.05) is 6.61 Å². The van der Waals surface area contributed by atoms with E-state index in [0.29, 0.717) is 18.6 Å². The molecule has 5 nitrogen and oxygen atoms in total. The van der Waals surface area contributed by atoms with Gasteiger partial charge in [0.15, 0.2) is 0 Å². The summed E-state index contributed by atoms with van der Waals surface area (Å²) >= 11 is 0. The molecular formula is C13H17NO4S. The quantitative estimate of drug-likeness (QED) is 0.909. The van der Waals surface area contributed by atoms with E-state index in [1.54, 1.807) is 25.1 Å². The lowest BCUT2D eigenvalue weighted by molar-refractivity contribution is -0.133. The van der Waals surface area contributed by atoms with Crippen LogP contribution in [0.5, 0.6) is 0 Å². The summed E-state index contributed by atoms with van der Waals surface area (Å²) in [4.78, 5) is 12.0. The molecule has 1 atom stereocenters. The Hall–Kier alpha value is -1.40. The summed E-state index contributed by atoms with van der Waals surface area (Å²) in [5, 5.41) is 0. The van der Waals surface area contributed by atoms with Gasteiger partial charge in [-0.05, 0) is 37.8 Å². The van der Waals surface area contributed by atoms with Gasteiger partial charge >= 0.3 is 0 Å². The number of carbonyl (C=O) groups excluding carboxylic acids is 1. The number of rotatable bonds is 3. The third-order valence-electron chi connectivity index (χ3n) is 3.09. The van der Waals surface area contributed by atoms with Crippen molar-refractivity contribution in [1.29, 1.82) is 0 Å². The van der Waals surface area contributed by atoms with Crippen LogP contribution in [0.2, 0.25) is 0 Å². The minimum atomic E-state index is -3.82. The molecular weight excluding hydrogens is 266 g/mol. The molecule has 19 heavy (non-hydrogen) atoms. The fourth-order valence-electron chi connectivity index (χ4n) is 2.06. The van der Waals surface area contributed by atoms with Gasteiger partial charge in [-0.3, -0.25) is 4.79 Å². The predicted molar refractivity (Wildman–Crippen MR) is 70.1 cm³/mol. The molecule has 1 aliphatic rings. The number of nitrogens with one attached hydrogen (secondary N) is 1. The molecule has 6 heteroatoms. The van der Waals surface area contributed by atoms with Gasteiger partial charge in [0.2, 0.25) is 0 Å². The maximum atomic E-state index is 12.1. The highest BCUT2D eigenvalue weighted by Crippen LogP contribution is 2.16. The molecule has 1 N–H and O–H groups in total. The number of sulfonamides is 1. The molecule has 0 radical (unpaired) electrons. The van der Waals surface area contributed by atoms with Gasteiger partial charge in [0.1, 0.15) is 6.10 Å². The van der Waals surface area contributed by atoms with Crippen molar-refractivity contribution in [2.45, 2.75) is 37.2 Å². The lowest BCUT2D eigenvalue weighted by Gasteiger charge is -2.21. The number of ether oxygens (including phenoxy) is 1. The molecule has 1 aliphatic heterocycles. The number of amides is 1. The number of benzene rings is 1. The lowest BCUT2D eigenvalue weighted by atomic mass is 10.1. The van der Waals surface area contributed by atoms with E-state index in [1.165, 1.54) is 6.07 Å². The van der Waals surface area contributed by atoms with Crippen molar-refractivity contribution in [3.63, 3.8) is 0 Å². The van der Waals surface area contributed by atoms with Crippen LogP contribution >= 0.6 is 0 Å². The number of aryl methyl sites for hydroxylation is 1. The molecule has 0 saturated carbocycles. The summed E-state index contributed by atoms with van der Waals surface area (Å²) in [6, 6.07) is 6.55. The van der Waals surface area contributed by atoms with Crippen molar-refractivity contribution in [2.24, 2.45) is 0 Å². The molecule has 1 aromatic rings. The van der Waals surface area contributed by atoms with Crippen LogP contribution in [0, 0.1) is 6.92 Å². The second kappa shape index (κ2) is 5.71. The summed E-state index contributed by atoms with van der Waals surface area (Å²) in [6.45, 7) is 2.19. The summed E-state index contributed by atoms with van der Waals surface area (Å²) in [7, 11) is -3.82. The third kappa shape index (κ3) is 3.33. The summed E-state index contributed by atoms with van der Waals surface area (Å²) in [5.74, 6) is -0.581. The second-order valence-corrected chi connectivity index (χ2v) is 6.24. The standard InChI is InChI=1S/C13H17NO4S/c1-10-6-2-3-8-12(10)19(16,17)14-13(15)11-7-4-5-9-18-11/h2-3,6,8,11H,4-5,7,9H2,1H3,(H,14,15). The van der Waals surface area contributed by atoms with Crippen LogP contribution in [0.25, 0.3) is 0 Å². The normalized spacial score (nSPS) is 19.9. The van der Waals surface area contributed by atoms with Crippen molar-refractivity contribution in [3.05, 3.63) is 29.8 Å². The molecule has 0 spiro atoms. The van der Waals surface area contributed by atoms with Gasteiger partial charge < -0.3 is 4.74 Å². The zero-order chi connectivity index (χ0) is 13.9. The number of hydrogen-bond donors (Lipinski definition) is 1. The SMILES string of the molecule is Cc1ccccc1S(=O)(=O)NC(=O)C1CCCCO1. The summed E-state index contributed by atoms with van der Waals surface area (Å²) in [5.41, 5.74) is 0.604. The maximum absolute atomic E-state index is 12.1. The predicted octanol–water partition coefficient (Wildman–Crippen LogP) is 1.37. The molecule has 1 saturated heterocycles. The van der Waals surface area contributed by atoms with Gasteiger partial charge in [0.05, 0.1) is 4.90 Å². The zero-order valence-electron chi connectivity index (χ0n) is 10.8. The Labute approximate surface area is 113 Å². The van der Waals surface area contributed by atoms with Gasteiger partial charge in [-0.1, -0.05) is 18.2 Å². The molecule has 0 aliphatic carbocycles. The third-order valence-corrected chi connectivity index (χ3v) is 4.60. The smallest absolute Gasteiger partial charge is 0.264 e. The number of carbonyl (C=O) groups is 1. The molecule has 0 bridgehead atoms. The van der Waals surface area contributed by atoms with Crippen molar-refractivity contribution in [2.75, 3.05) is 6.61 Å². The molecule has 1 heterocycles. The van der Waals surface area contributed by atoms with E-state index in [1.807, 2.05) is 0 Å². The van der Waals surface area contributed by atoms with E-state index in [-0.39, 0.29) is 4.90 Å². The fourth-order valence-corrected chi connectivity index (χ4v) is 3.31. The van der Waals surface area contributed by atoms with E-state index in [9.17, 15) is 13.2 Å². The first-order valence-electron chi connectivity index (χ1n) is 6.24. The van der Waals surface area contributed by atoms with Crippen molar-refractivity contribution >= 4 is 15.9 Å². The van der Waals surface area contributed by atoms with Crippen molar-refractivity contribution in [1.82, 2.24) is 4.72 Å².